The van der Waals surface area contributed by atoms with Gasteiger partial charge in [-0.15, -0.1) is 0 Å². The molecule has 1 aliphatic heterocycles. The molecule has 0 bridgehead atoms. The summed E-state index contributed by atoms with van der Waals surface area (Å²) in [4.78, 5) is 13.7. The molecule has 1 fully saturated rings. The molecule has 0 aromatic heterocycles. The molecule has 1 heterocycles. The SMILES string of the molecule is NCC#Cc1ccccc1CN1CCCNC(=O)C1. The normalized spacial score (nSPS) is 16.2. The monoisotopic (exact) mass is 257 g/mol. The molecule has 1 aromatic rings. The first-order valence-corrected chi connectivity index (χ1v) is 6.55. The van der Waals surface area contributed by atoms with Crippen LogP contribution in [0.15, 0.2) is 24.3 Å². The summed E-state index contributed by atoms with van der Waals surface area (Å²) in [6.45, 7) is 3.27. The van der Waals surface area contributed by atoms with Crippen LogP contribution in [0.4, 0.5) is 0 Å². The smallest absolute Gasteiger partial charge is 0.234 e. The van der Waals surface area contributed by atoms with Crippen molar-refractivity contribution >= 4 is 5.91 Å². The predicted octanol–water partition coefficient (Wildman–Crippen LogP) is 0.319. The maximum atomic E-state index is 11.5. The number of carbonyl (C=O) groups excluding carboxylic acids is 1. The highest BCUT2D eigenvalue weighted by molar-refractivity contribution is 5.78. The van der Waals surface area contributed by atoms with Crippen molar-refractivity contribution in [1.82, 2.24) is 10.2 Å². The number of hydrogen-bond donors (Lipinski definition) is 2. The summed E-state index contributed by atoms with van der Waals surface area (Å²) in [7, 11) is 0. The fraction of sp³-hybridized carbons (Fsp3) is 0.400. The summed E-state index contributed by atoms with van der Waals surface area (Å²) in [6.07, 6.45) is 0.988. The van der Waals surface area contributed by atoms with Gasteiger partial charge in [0.25, 0.3) is 0 Å². The number of rotatable bonds is 2. The van der Waals surface area contributed by atoms with Crippen LogP contribution in [0.25, 0.3) is 0 Å². The van der Waals surface area contributed by atoms with Crippen molar-refractivity contribution < 1.29 is 4.79 Å². The van der Waals surface area contributed by atoms with E-state index < -0.39 is 0 Å². The van der Waals surface area contributed by atoms with Gasteiger partial charge in [0.2, 0.25) is 5.91 Å². The van der Waals surface area contributed by atoms with Crippen LogP contribution in [0.5, 0.6) is 0 Å². The summed E-state index contributed by atoms with van der Waals surface area (Å²) in [5.74, 6) is 6.07. The number of nitrogens with one attached hydrogen (secondary N) is 1. The van der Waals surface area contributed by atoms with E-state index in [0.29, 0.717) is 13.1 Å². The molecular weight excluding hydrogens is 238 g/mol. The fourth-order valence-electron chi connectivity index (χ4n) is 2.17. The molecule has 3 N–H and O–H groups in total. The number of carbonyl (C=O) groups is 1. The van der Waals surface area contributed by atoms with Crippen molar-refractivity contribution in [2.24, 2.45) is 5.73 Å². The molecule has 1 aromatic carbocycles. The minimum absolute atomic E-state index is 0.100. The van der Waals surface area contributed by atoms with Gasteiger partial charge in [-0.05, 0) is 18.1 Å². The van der Waals surface area contributed by atoms with Crippen molar-refractivity contribution in [3.8, 4) is 11.8 Å². The quantitative estimate of drug-likeness (QED) is 0.750. The van der Waals surface area contributed by atoms with Crippen LogP contribution in [0.1, 0.15) is 17.5 Å². The minimum Gasteiger partial charge on any atom is -0.355 e. The number of amides is 1. The molecule has 100 valence electrons. The summed E-state index contributed by atoms with van der Waals surface area (Å²) < 4.78 is 0. The van der Waals surface area contributed by atoms with Gasteiger partial charge in [-0.2, -0.15) is 0 Å². The molecular formula is C15H19N3O. The van der Waals surface area contributed by atoms with Crippen LogP contribution < -0.4 is 11.1 Å². The molecule has 1 saturated heterocycles. The van der Waals surface area contributed by atoms with E-state index in [2.05, 4.69) is 28.1 Å². The molecule has 2 rings (SSSR count). The van der Waals surface area contributed by atoms with Gasteiger partial charge in [0.1, 0.15) is 0 Å². The van der Waals surface area contributed by atoms with E-state index in [1.807, 2.05) is 18.2 Å². The number of benzene rings is 1. The largest absolute Gasteiger partial charge is 0.355 e. The molecule has 0 radical (unpaired) electrons. The van der Waals surface area contributed by atoms with Crippen LogP contribution in [0, 0.1) is 11.8 Å². The molecule has 1 amide bonds. The van der Waals surface area contributed by atoms with E-state index in [-0.39, 0.29) is 5.91 Å². The first kappa shape index (κ1) is 13.6. The van der Waals surface area contributed by atoms with E-state index in [1.165, 1.54) is 0 Å². The average Bonchev–Trinajstić information content (AvgIpc) is 2.62. The van der Waals surface area contributed by atoms with Crippen molar-refractivity contribution in [3.63, 3.8) is 0 Å². The van der Waals surface area contributed by atoms with Gasteiger partial charge in [0, 0.05) is 25.2 Å². The van der Waals surface area contributed by atoms with Crippen molar-refractivity contribution in [3.05, 3.63) is 35.4 Å². The molecule has 19 heavy (non-hydrogen) atoms. The van der Waals surface area contributed by atoms with E-state index in [9.17, 15) is 4.79 Å². The molecule has 0 aliphatic carbocycles. The van der Waals surface area contributed by atoms with E-state index in [1.54, 1.807) is 0 Å². The predicted molar refractivity (Wildman–Crippen MR) is 75.3 cm³/mol. The Morgan fingerprint density at radius 3 is 3.05 bits per heavy atom. The van der Waals surface area contributed by atoms with Crippen LogP contribution in [0.3, 0.4) is 0 Å². The third-order valence-electron chi connectivity index (χ3n) is 3.08. The van der Waals surface area contributed by atoms with Crippen LogP contribution >= 0.6 is 0 Å². The Morgan fingerprint density at radius 1 is 1.37 bits per heavy atom. The zero-order valence-corrected chi connectivity index (χ0v) is 11.0. The molecule has 0 atom stereocenters. The Balaban J connectivity index is 2.11. The number of nitrogens with two attached hydrogens (primary N) is 1. The Morgan fingerprint density at radius 2 is 2.21 bits per heavy atom. The molecule has 0 unspecified atom stereocenters. The zero-order valence-electron chi connectivity index (χ0n) is 11.0. The van der Waals surface area contributed by atoms with Crippen LogP contribution in [-0.4, -0.2) is 37.0 Å². The highest BCUT2D eigenvalue weighted by atomic mass is 16.2. The minimum atomic E-state index is 0.100. The third-order valence-corrected chi connectivity index (χ3v) is 3.08. The molecule has 4 nitrogen and oxygen atoms in total. The van der Waals surface area contributed by atoms with E-state index in [4.69, 9.17) is 5.73 Å². The fourth-order valence-corrected chi connectivity index (χ4v) is 2.17. The molecule has 0 spiro atoms. The van der Waals surface area contributed by atoms with Gasteiger partial charge in [-0.1, -0.05) is 30.0 Å². The van der Waals surface area contributed by atoms with Gasteiger partial charge in [-0.3, -0.25) is 9.69 Å². The maximum absolute atomic E-state index is 11.5. The lowest BCUT2D eigenvalue weighted by Crippen LogP contribution is -2.32. The zero-order chi connectivity index (χ0) is 13.5. The summed E-state index contributed by atoms with van der Waals surface area (Å²) in [5.41, 5.74) is 7.56. The highest BCUT2D eigenvalue weighted by Crippen LogP contribution is 2.11. The van der Waals surface area contributed by atoms with Crippen LogP contribution in [0.2, 0.25) is 0 Å². The van der Waals surface area contributed by atoms with Gasteiger partial charge in [0.15, 0.2) is 0 Å². The topological polar surface area (TPSA) is 58.4 Å². The van der Waals surface area contributed by atoms with E-state index >= 15 is 0 Å². The highest BCUT2D eigenvalue weighted by Gasteiger charge is 2.15. The maximum Gasteiger partial charge on any atom is 0.234 e. The molecule has 1 aliphatic rings. The first-order valence-electron chi connectivity index (χ1n) is 6.55. The lowest BCUT2D eigenvalue weighted by Gasteiger charge is -2.19. The second-order valence-corrected chi connectivity index (χ2v) is 4.58. The second-order valence-electron chi connectivity index (χ2n) is 4.58. The van der Waals surface area contributed by atoms with Gasteiger partial charge < -0.3 is 11.1 Å². The third kappa shape index (κ3) is 4.09. The van der Waals surface area contributed by atoms with Crippen molar-refractivity contribution in [2.75, 3.05) is 26.2 Å². The Bertz CT molecular complexity index is 502. The summed E-state index contributed by atoms with van der Waals surface area (Å²) >= 11 is 0. The van der Waals surface area contributed by atoms with Gasteiger partial charge >= 0.3 is 0 Å². The van der Waals surface area contributed by atoms with Gasteiger partial charge in [-0.25, -0.2) is 0 Å². The Kier molecular flexibility index (Phi) is 4.96. The lowest BCUT2D eigenvalue weighted by atomic mass is 10.1. The average molecular weight is 257 g/mol. The standard InChI is InChI=1S/C15H19N3O/c16-8-3-7-13-5-1-2-6-14(13)11-18-10-4-9-17-15(19)12-18/h1-2,5-6H,4,8-12,16H2,(H,17,19). The summed E-state index contributed by atoms with van der Waals surface area (Å²) in [6, 6.07) is 8.03. The number of nitrogens with zero attached hydrogens (tertiary/aromatic N) is 1. The Hall–Kier alpha value is -1.83. The Labute approximate surface area is 114 Å². The summed E-state index contributed by atoms with van der Waals surface area (Å²) in [5, 5.41) is 2.88. The molecule has 0 saturated carbocycles. The van der Waals surface area contributed by atoms with Crippen molar-refractivity contribution in [2.45, 2.75) is 13.0 Å². The van der Waals surface area contributed by atoms with Crippen molar-refractivity contribution in [1.29, 1.82) is 0 Å². The first-order chi connectivity index (χ1) is 9.29. The molecule has 4 heteroatoms. The number of hydrogen-bond acceptors (Lipinski definition) is 3. The lowest BCUT2D eigenvalue weighted by molar-refractivity contribution is -0.121. The van der Waals surface area contributed by atoms with Gasteiger partial charge in [0.05, 0.1) is 13.1 Å². The van der Waals surface area contributed by atoms with E-state index in [0.717, 1.165) is 37.2 Å². The second kappa shape index (κ2) is 6.93. The van der Waals surface area contributed by atoms with Crippen LogP contribution in [-0.2, 0) is 11.3 Å².